The fourth-order valence-corrected chi connectivity index (χ4v) is 5.06. The molecule has 9 nitrogen and oxygen atoms in total. The van der Waals surface area contributed by atoms with E-state index < -0.39 is 20.9 Å². The molecule has 10 heteroatoms. The van der Waals surface area contributed by atoms with Gasteiger partial charge in [-0.15, -0.1) is 0 Å². The first-order valence-electron chi connectivity index (χ1n) is 11.2. The number of para-hydroxylation sites is 1. The zero-order valence-corrected chi connectivity index (χ0v) is 20.0. The fourth-order valence-electron chi connectivity index (χ4n) is 3.98. The number of nitro benzene ring substituents is 1. The lowest BCUT2D eigenvalue weighted by Crippen LogP contribution is -2.13. The number of anilines is 3. The monoisotopic (exact) mass is 512 g/mol. The third-order valence-electron chi connectivity index (χ3n) is 5.73. The predicted octanol–water partition coefficient (Wildman–Crippen LogP) is 5.33. The molecule has 37 heavy (non-hydrogen) atoms. The van der Waals surface area contributed by atoms with Crippen LogP contribution in [0.3, 0.4) is 0 Å². The Labute approximate surface area is 212 Å². The summed E-state index contributed by atoms with van der Waals surface area (Å²) >= 11 is 0. The number of hydrogen-bond donors (Lipinski definition) is 3. The Morgan fingerprint density at radius 3 is 2.11 bits per heavy atom. The third kappa shape index (κ3) is 4.91. The summed E-state index contributed by atoms with van der Waals surface area (Å²) in [5.41, 5.74) is 3.10. The normalized spacial score (nSPS) is 13.9. The number of carbonyl (C=O) groups excluding carboxylic acids is 1. The van der Waals surface area contributed by atoms with E-state index >= 15 is 0 Å². The van der Waals surface area contributed by atoms with Crippen LogP contribution in [0.5, 0.6) is 0 Å². The minimum absolute atomic E-state index is 0.00755. The van der Waals surface area contributed by atoms with Gasteiger partial charge in [0, 0.05) is 34.8 Å². The van der Waals surface area contributed by atoms with Gasteiger partial charge in [0.15, 0.2) is 0 Å². The number of sulfonamides is 1. The van der Waals surface area contributed by atoms with E-state index in [1.54, 1.807) is 48.5 Å². The van der Waals surface area contributed by atoms with Gasteiger partial charge in [-0.25, -0.2) is 8.42 Å². The van der Waals surface area contributed by atoms with Crippen molar-refractivity contribution in [1.29, 1.82) is 0 Å². The zero-order chi connectivity index (χ0) is 26.0. The number of hydrogen-bond acceptors (Lipinski definition) is 6. The van der Waals surface area contributed by atoms with Crippen molar-refractivity contribution in [3.8, 4) is 0 Å². The third-order valence-corrected chi connectivity index (χ3v) is 7.11. The number of nitro groups is 1. The topological polar surface area (TPSA) is 130 Å². The molecule has 1 aliphatic rings. The van der Waals surface area contributed by atoms with Crippen molar-refractivity contribution >= 4 is 50.0 Å². The highest BCUT2D eigenvalue weighted by Crippen LogP contribution is 2.39. The quantitative estimate of drug-likeness (QED) is 0.174. The Hall–Kier alpha value is -4.96. The second kappa shape index (κ2) is 9.59. The van der Waals surface area contributed by atoms with Crippen LogP contribution in [0, 0.1) is 10.1 Å². The number of amides is 1. The molecule has 0 bridgehead atoms. The molecule has 4 aromatic rings. The lowest BCUT2D eigenvalue weighted by Gasteiger charge is -2.15. The molecule has 3 N–H and O–H groups in total. The molecular formula is C27H20N4O5S. The standard InChI is InChI=1S/C27H20N4O5S/c32-27-25(26(18-7-3-1-4-8-18)28-19-11-13-21(14-12-19)31(33)34)23-17-22(15-16-24(23)29-27)37(35,36)30-20-9-5-2-6-10-20/h1-17,28,30H,(H,29,32)/b26-25-. The molecule has 184 valence electrons. The maximum absolute atomic E-state index is 13.2. The van der Waals surface area contributed by atoms with Crippen LogP contribution < -0.4 is 15.4 Å². The number of benzene rings is 4. The smallest absolute Gasteiger partial charge is 0.269 e. The Balaban J connectivity index is 1.61. The Morgan fingerprint density at radius 1 is 0.811 bits per heavy atom. The highest BCUT2D eigenvalue weighted by atomic mass is 32.2. The summed E-state index contributed by atoms with van der Waals surface area (Å²) in [6.07, 6.45) is 0. The summed E-state index contributed by atoms with van der Waals surface area (Å²) in [5.74, 6) is -0.408. The van der Waals surface area contributed by atoms with Crippen molar-refractivity contribution in [1.82, 2.24) is 0 Å². The molecule has 5 rings (SSSR count). The van der Waals surface area contributed by atoms with Gasteiger partial charge in [0.1, 0.15) is 0 Å². The van der Waals surface area contributed by atoms with Gasteiger partial charge in [-0.1, -0.05) is 48.5 Å². The molecule has 4 aromatic carbocycles. The first kappa shape index (κ1) is 23.8. The molecule has 0 aromatic heterocycles. The van der Waals surface area contributed by atoms with Crippen LogP contribution in [-0.2, 0) is 14.8 Å². The van der Waals surface area contributed by atoms with Crippen LogP contribution in [-0.4, -0.2) is 19.2 Å². The maximum atomic E-state index is 13.2. The van der Waals surface area contributed by atoms with E-state index in [1.807, 2.05) is 30.3 Å². The molecule has 1 heterocycles. The first-order valence-corrected chi connectivity index (χ1v) is 12.6. The maximum Gasteiger partial charge on any atom is 0.269 e. The van der Waals surface area contributed by atoms with Crippen LogP contribution in [0.4, 0.5) is 22.7 Å². The molecule has 0 unspecified atom stereocenters. The van der Waals surface area contributed by atoms with Gasteiger partial charge in [-0.3, -0.25) is 19.6 Å². The Bertz CT molecular complexity index is 1640. The van der Waals surface area contributed by atoms with Crippen molar-refractivity contribution in [2.75, 3.05) is 15.4 Å². The Kier molecular flexibility index (Phi) is 6.16. The molecule has 0 atom stereocenters. The Morgan fingerprint density at radius 2 is 1.46 bits per heavy atom. The van der Waals surface area contributed by atoms with Crippen molar-refractivity contribution < 1.29 is 18.1 Å². The van der Waals surface area contributed by atoms with Crippen LogP contribution >= 0.6 is 0 Å². The number of carbonyl (C=O) groups is 1. The van der Waals surface area contributed by atoms with E-state index in [-0.39, 0.29) is 16.2 Å². The average Bonchev–Trinajstić information content (AvgIpc) is 3.23. The highest BCUT2D eigenvalue weighted by molar-refractivity contribution is 7.92. The van der Waals surface area contributed by atoms with E-state index in [4.69, 9.17) is 0 Å². The van der Waals surface area contributed by atoms with Gasteiger partial charge in [0.05, 0.1) is 21.1 Å². The molecule has 0 fully saturated rings. The van der Waals surface area contributed by atoms with Crippen LogP contribution in [0.2, 0.25) is 0 Å². The van der Waals surface area contributed by atoms with Crippen LogP contribution in [0.1, 0.15) is 11.1 Å². The summed E-state index contributed by atoms with van der Waals surface area (Å²) in [5, 5.41) is 17.0. The molecular weight excluding hydrogens is 492 g/mol. The molecule has 0 saturated carbocycles. The molecule has 0 spiro atoms. The minimum Gasteiger partial charge on any atom is -0.354 e. The van der Waals surface area contributed by atoms with Crippen LogP contribution in [0.15, 0.2) is 108 Å². The van der Waals surface area contributed by atoms with Gasteiger partial charge in [-0.2, -0.15) is 0 Å². The van der Waals surface area contributed by atoms with Gasteiger partial charge >= 0.3 is 0 Å². The fraction of sp³-hybridized carbons (Fsp3) is 0. The second-order valence-electron chi connectivity index (χ2n) is 8.18. The van der Waals surface area contributed by atoms with Gasteiger partial charge in [0.25, 0.3) is 21.6 Å². The minimum atomic E-state index is -3.93. The zero-order valence-electron chi connectivity index (χ0n) is 19.2. The van der Waals surface area contributed by atoms with Gasteiger partial charge < -0.3 is 10.6 Å². The molecule has 0 radical (unpaired) electrons. The van der Waals surface area contributed by atoms with Gasteiger partial charge in [0.2, 0.25) is 0 Å². The predicted molar refractivity (Wildman–Crippen MR) is 142 cm³/mol. The van der Waals surface area contributed by atoms with Crippen molar-refractivity contribution in [2.45, 2.75) is 4.90 Å². The highest BCUT2D eigenvalue weighted by Gasteiger charge is 2.30. The van der Waals surface area contributed by atoms with E-state index in [1.165, 1.54) is 24.3 Å². The summed E-state index contributed by atoms with van der Waals surface area (Å²) in [4.78, 5) is 23.7. The van der Waals surface area contributed by atoms with Crippen molar-refractivity contribution in [3.63, 3.8) is 0 Å². The SMILES string of the molecule is O=C1Nc2ccc(S(=O)(=O)Nc3ccccc3)cc2/C1=C(/Nc1ccc([N+](=O)[O-])cc1)c1ccccc1. The van der Waals surface area contributed by atoms with Crippen LogP contribution in [0.25, 0.3) is 11.3 Å². The lowest BCUT2D eigenvalue weighted by molar-refractivity contribution is -0.384. The van der Waals surface area contributed by atoms with Gasteiger partial charge in [-0.05, 0) is 48.0 Å². The average molecular weight is 513 g/mol. The summed E-state index contributed by atoms with van der Waals surface area (Å²) in [6, 6.07) is 27.8. The summed E-state index contributed by atoms with van der Waals surface area (Å²) in [6.45, 7) is 0. The largest absolute Gasteiger partial charge is 0.354 e. The summed E-state index contributed by atoms with van der Waals surface area (Å²) < 4.78 is 28.8. The number of nitrogens with one attached hydrogen (secondary N) is 3. The van der Waals surface area contributed by atoms with Crippen molar-refractivity contribution in [2.24, 2.45) is 0 Å². The molecule has 1 aliphatic heterocycles. The number of fused-ring (bicyclic) bond motifs is 1. The molecule has 0 aliphatic carbocycles. The molecule has 0 saturated heterocycles. The van der Waals surface area contributed by atoms with Crippen molar-refractivity contribution in [3.05, 3.63) is 124 Å². The van der Waals surface area contributed by atoms with E-state index in [9.17, 15) is 23.3 Å². The summed E-state index contributed by atoms with van der Waals surface area (Å²) in [7, 11) is -3.93. The van der Waals surface area contributed by atoms with E-state index in [2.05, 4.69) is 15.4 Å². The van der Waals surface area contributed by atoms with E-state index in [0.29, 0.717) is 33.9 Å². The molecule has 1 amide bonds. The van der Waals surface area contributed by atoms with E-state index in [0.717, 1.165) is 0 Å². The number of rotatable bonds is 7. The second-order valence-corrected chi connectivity index (χ2v) is 9.86. The lowest BCUT2D eigenvalue weighted by atomic mass is 10.00. The number of non-ortho nitro benzene ring substituents is 1. The number of nitrogens with zero attached hydrogens (tertiary/aromatic N) is 1. The first-order chi connectivity index (χ1) is 17.8.